The van der Waals surface area contributed by atoms with E-state index in [4.69, 9.17) is 23.0 Å². The summed E-state index contributed by atoms with van der Waals surface area (Å²) in [7, 11) is -1.53. The van der Waals surface area contributed by atoms with Gasteiger partial charge in [-0.05, 0) is 47.6 Å². The Bertz CT molecular complexity index is 959. The van der Waals surface area contributed by atoms with Gasteiger partial charge in [0, 0.05) is 17.0 Å². The molecule has 33 heavy (non-hydrogen) atoms. The molecule has 0 saturated heterocycles. The van der Waals surface area contributed by atoms with Crippen LogP contribution in [-0.2, 0) is 32.7 Å². The van der Waals surface area contributed by atoms with Crippen LogP contribution in [0.15, 0.2) is 46.8 Å². The van der Waals surface area contributed by atoms with Gasteiger partial charge in [0.15, 0.2) is 0 Å². The maximum Gasteiger partial charge on any atom is 0.530 e. The Kier molecular flexibility index (Phi) is 8.89. The quantitative estimate of drug-likeness (QED) is 0.400. The minimum absolute atomic E-state index is 0.137. The third-order valence-electron chi connectivity index (χ3n) is 4.69. The lowest BCUT2D eigenvalue weighted by Crippen LogP contribution is -2.32. The second-order valence-electron chi connectivity index (χ2n) is 8.00. The van der Waals surface area contributed by atoms with E-state index in [0.717, 1.165) is 0 Å². The fraction of sp³-hybridized carbons (Fsp3) is 0.478. The number of dihydropyridines is 1. The molecule has 2 rings (SSSR count). The van der Waals surface area contributed by atoms with Crippen molar-refractivity contribution in [3.05, 3.63) is 52.4 Å². The molecule has 0 aromatic heterocycles. The minimum atomic E-state index is -4.04. The second kappa shape index (κ2) is 11.0. The predicted molar refractivity (Wildman–Crippen MR) is 122 cm³/mol. The zero-order valence-electron chi connectivity index (χ0n) is 20.3. The fourth-order valence-electron chi connectivity index (χ4n) is 3.57. The summed E-state index contributed by atoms with van der Waals surface area (Å²) in [6.45, 7) is 10.2. The Labute approximate surface area is 194 Å². The topological polar surface area (TPSA) is 109 Å². The molecule has 9 nitrogen and oxygen atoms in total. The van der Waals surface area contributed by atoms with Crippen LogP contribution in [0.1, 0.15) is 53.0 Å². The Morgan fingerprint density at radius 2 is 1.33 bits per heavy atom. The highest BCUT2D eigenvalue weighted by molar-refractivity contribution is 7.49. The van der Waals surface area contributed by atoms with E-state index in [2.05, 4.69) is 5.32 Å². The van der Waals surface area contributed by atoms with Crippen LogP contribution in [0.3, 0.4) is 0 Å². The summed E-state index contributed by atoms with van der Waals surface area (Å²) < 4.78 is 40.3. The van der Waals surface area contributed by atoms with Crippen molar-refractivity contribution in [2.24, 2.45) is 0 Å². The van der Waals surface area contributed by atoms with Crippen LogP contribution < -0.4 is 9.84 Å². The molecule has 1 aromatic carbocycles. The first-order valence-corrected chi connectivity index (χ1v) is 12.0. The van der Waals surface area contributed by atoms with Gasteiger partial charge >= 0.3 is 19.8 Å². The number of carbonyl (C=O) groups is 2. The van der Waals surface area contributed by atoms with Crippen molar-refractivity contribution in [1.29, 1.82) is 0 Å². The van der Waals surface area contributed by atoms with Crippen molar-refractivity contribution in [2.75, 3.05) is 14.2 Å². The number of ether oxygens (including phenoxy) is 2. The molecule has 1 aliphatic rings. The van der Waals surface area contributed by atoms with Gasteiger partial charge in [-0.3, -0.25) is 9.05 Å². The van der Waals surface area contributed by atoms with Gasteiger partial charge in [-0.25, -0.2) is 14.2 Å². The summed E-state index contributed by atoms with van der Waals surface area (Å²) in [5.74, 6) is -2.03. The van der Waals surface area contributed by atoms with Crippen LogP contribution in [0.25, 0.3) is 0 Å². The number of methoxy groups -OCH3 is 2. The van der Waals surface area contributed by atoms with Gasteiger partial charge in [0.05, 0.1) is 43.5 Å². The molecule has 0 aliphatic carbocycles. The number of phosphoric acid groups is 1. The maximum absolute atomic E-state index is 13.4. The molecule has 0 bridgehead atoms. The van der Waals surface area contributed by atoms with Gasteiger partial charge in [-0.15, -0.1) is 0 Å². The van der Waals surface area contributed by atoms with Gasteiger partial charge in [0.1, 0.15) is 5.75 Å². The molecule has 1 N–H and O–H groups in total. The lowest BCUT2D eigenvalue weighted by atomic mass is 9.80. The van der Waals surface area contributed by atoms with Crippen LogP contribution in [0.2, 0.25) is 0 Å². The Hall–Kier alpha value is -2.61. The first kappa shape index (κ1) is 26.6. The van der Waals surface area contributed by atoms with E-state index in [1.807, 2.05) is 0 Å². The molecule has 0 amide bonds. The number of para-hydroxylation sites is 1. The molecule has 0 fully saturated rings. The van der Waals surface area contributed by atoms with E-state index in [-0.39, 0.29) is 16.9 Å². The molecule has 0 radical (unpaired) electrons. The molecule has 182 valence electrons. The summed E-state index contributed by atoms with van der Waals surface area (Å²) in [5.41, 5.74) is 1.81. The van der Waals surface area contributed by atoms with E-state index >= 15 is 0 Å². The molecule has 1 heterocycles. The third-order valence-corrected chi connectivity index (χ3v) is 6.47. The van der Waals surface area contributed by atoms with Gasteiger partial charge < -0.3 is 19.3 Å². The highest BCUT2D eigenvalue weighted by atomic mass is 31.2. The highest BCUT2D eigenvalue weighted by Crippen LogP contribution is 2.54. The van der Waals surface area contributed by atoms with Crippen LogP contribution in [-0.4, -0.2) is 38.4 Å². The molecule has 1 aliphatic heterocycles. The molecule has 1 aromatic rings. The summed E-state index contributed by atoms with van der Waals surface area (Å²) in [4.78, 5) is 25.5. The molecule has 0 atom stereocenters. The molecular weight excluding hydrogens is 449 g/mol. The van der Waals surface area contributed by atoms with Gasteiger partial charge in [-0.1, -0.05) is 18.2 Å². The number of phosphoric ester groups is 1. The number of rotatable bonds is 9. The third kappa shape index (κ3) is 6.25. The van der Waals surface area contributed by atoms with Crippen LogP contribution >= 0.6 is 7.82 Å². The number of esters is 2. The zero-order chi connectivity index (χ0) is 24.9. The van der Waals surface area contributed by atoms with Crippen LogP contribution in [0.5, 0.6) is 5.75 Å². The number of hydrogen-bond acceptors (Lipinski definition) is 9. The van der Waals surface area contributed by atoms with E-state index in [1.165, 1.54) is 14.2 Å². The molecule has 0 spiro atoms. The average Bonchev–Trinajstić information content (AvgIpc) is 2.71. The second-order valence-corrected chi connectivity index (χ2v) is 9.50. The molecular formula is C23H32NO8P. The highest BCUT2D eigenvalue weighted by Gasteiger charge is 2.40. The van der Waals surface area contributed by atoms with Crippen LogP contribution in [0.4, 0.5) is 0 Å². The largest absolute Gasteiger partial charge is 0.530 e. The van der Waals surface area contributed by atoms with Crippen molar-refractivity contribution in [3.63, 3.8) is 0 Å². The van der Waals surface area contributed by atoms with Crippen molar-refractivity contribution >= 4 is 19.8 Å². The standard InChI is InChI=1S/C23H32NO8P/c1-13(2)30-33(27,31-14(3)4)32-18-12-10-9-11-17(18)21-19(22(25)28-7)15(5)24-16(6)20(21)23(26)29-8/h9-14,21,24H,1-8H3. The smallest absolute Gasteiger partial charge is 0.466 e. The van der Waals surface area contributed by atoms with Crippen molar-refractivity contribution < 1.29 is 37.2 Å². The number of hydrogen-bond donors (Lipinski definition) is 1. The average molecular weight is 481 g/mol. The lowest BCUT2D eigenvalue weighted by Gasteiger charge is -2.31. The van der Waals surface area contributed by atoms with Crippen molar-refractivity contribution in [3.8, 4) is 5.75 Å². The van der Waals surface area contributed by atoms with E-state index in [1.54, 1.807) is 65.8 Å². The molecule has 10 heteroatoms. The lowest BCUT2D eigenvalue weighted by molar-refractivity contribution is -0.137. The zero-order valence-corrected chi connectivity index (χ0v) is 21.1. The monoisotopic (exact) mass is 481 g/mol. The summed E-state index contributed by atoms with van der Waals surface area (Å²) in [6, 6.07) is 6.65. The first-order valence-electron chi connectivity index (χ1n) is 10.5. The summed E-state index contributed by atoms with van der Waals surface area (Å²) in [5, 5.41) is 3.04. The van der Waals surface area contributed by atoms with E-state index in [0.29, 0.717) is 17.0 Å². The van der Waals surface area contributed by atoms with Crippen LogP contribution in [0, 0.1) is 0 Å². The van der Waals surface area contributed by atoms with Crippen molar-refractivity contribution in [1.82, 2.24) is 5.32 Å². The summed E-state index contributed by atoms with van der Waals surface area (Å²) in [6.07, 6.45) is -0.887. The summed E-state index contributed by atoms with van der Waals surface area (Å²) >= 11 is 0. The predicted octanol–water partition coefficient (Wildman–Crippen LogP) is 4.60. The SMILES string of the molecule is COC(=O)C1=C(C)NC(C)=C(C(=O)OC)C1c1ccccc1OP(=O)(OC(C)C)OC(C)C. The van der Waals surface area contributed by atoms with E-state index < -0.39 is 37.9 Å². The maximum atomic E-state index is 13.4. The molecule has 0 unspecified atom stereocenters. The number of carbonyl (C=O) groups excluding carboxylic acids is 2. The Morgan fingerprint density at radius 1 is 0.879 bits per heavy atom. The normalized spacial score (nSPS) is 15.1. The minimum Gasteiger partial charge on any atom is -0.466 e. The first-order chi connectivity index (χ1) is 15.4. The molecule has 0 saturated carbocycles. The fourth-order valence-corrected chi connectivity index (χ4v) is 5.15. The number of allylic oxidation sites excluding steroid dienone is 2. The number of nitrogens with one attached hydrogen (secondary N) is 1. The van der Waals surface area contributed by atoms with Gasteiger partial charge in [0.2, 0.25) is 0 Å². The van der Waals surface area contributed by atoms with Gasteiger partial charge in [-0.2, -0.15) is 0 Å². The Balaban J connectivity index is 2.72. The van der Waals surface area contributed by atoms with Crippen molar-refractivity contribution in [2.45, 2.75) is 59.7 Å². The van der Waals surface area contributed by atoms with Gasteiger partial charge in [0.25, 0.3) is 0 Å². The number of benzene rings is 1. The Morgan fingerprint density at radius 3 is 1.76 bits per heavy atom. The van der Waals surface area contributed by atoms with E-state index in [9.17, 15) is 14.2 Å².